The number of fused-ring (bicyclic) bond motifs is 1. The van der Waals surface area contributed by atoms with Crippen LogP contribution >= 0.6 is 11.6 Å². The average Bonchev–Trinajstić information content (AvgIpc) is 3.18. The maximum Gasteiger partial charge on any atom is 0.334 e. The summed E-state index contributed by atoms with van der Waals surface area (Å²) in [5.41, 5.74) is -4.22. The highest BCUT2D eigenvalue weighted by molar-refractivity contribution is 6.32. The van der Waals surface area contributed by atoms with Crippen LogP contribution in [0.25, 0.3) is 16.7 Å². The molecule has 0 N–H and O–H groups in total. The van der Waals surface area contributed by atoms with Gasteiger partial charge in [0.2, 0.25) is 5.52 Å². The van der Waals surface area contributed by atoms with Gasteiger partial charge < -0.3 is 5.21 Å². The Balaban J connectivity index is 1.81. The number of nitrogens with zero attached hydrogens (tertiary/aromatic N) is 9. The van der Waals surface area contributed by atoms with Gasteiger partial charge in [0.25, 0.3) is 17.1 Å². The number of rotatable bonds is 7. The molecule has 0 bridgehead atoms. The first-order valence-electron chi connectivity index (χ1n) is 9.58. The van der Waals surface area contributed by atoms with Crippen LogP contribution in [0.3, 0.4) is 0 Å². The molecule has 0 aliphatic rings. The van der Waals surface area contributed by atoms with Gasteiger partial charge in [-0.15, -0.1) is 9.96 Å². The molecule has 18 nitrogen and oxygen atoms in total. The molecule has 0 spiro atoms. The number of hydrogen-bond acceptors (Lipinski definition) is 12. The standard InChI is InChI=1S/C18H8ClN9O9/c19-12-3-1-9(5-14(12)26(32)33)20-21-13-4-2-10(6-15(13)27(34)35)23-22-18-16(24(23)29)7-11(25(30)31)8-17(18)28(36)37/h1-8H/b21-20+. The van der Waals surface area contributed by atoms with Gasteiger partial charge in [0.15, 0.2) is 5.69 Å². The summed E-state index contributed by atoms with van der Waals surface area (Å²) in [6.45, 7) is 0. The Morgan fingerprint density at radius 3 is 2.08 bits per heavy atom. The van der Waals surface area contributed by atoms with Gasteiger partial charge >= 0.3 is 11.2 Å². The van der Waals surface area contributed by atoms with Crippen molar-refractivity contribution >= 4 is 56.8 Å². The summed E-state index contributed by atoms with van der Waals surface area (Å²) in [5, 5.41) is 69.0. The van der Waals surface area contributed by atoms with Crippen LogP contribution in [0, 0.1) is 45.7 Å². The molecule has 0 aliphatic heterocycles. The van der Waals surface area contributed by atoms with E-state index in [0.29, 0.717) is 10.9 Å². The lowest BCUT2D eigenvalue weighted by Gasteiger charge is -2.04. The molecule has 0 aliphatic carbocycles. The monoisotopic (exact) mass is 529 g/mol. The van der Waals surface area contributed by atoms with E-state index in [4.69, 9.17) is 11.6 Å². The van der Waals surface area contributed by atoms with Crippen molar-refractivity contribution in [3.05, 3.63) is 99.2 Å². The topological polar surface area (TPSA) is 242 Å². The van der Waals surface area contributed by atoms with Crippen LogP contribution in [0.5, 0.6) is 0 Å². The van der Waals surface area contributed by atoms with Crippen LogP contribution in [-0.4, -0.2) is 29.6 Å². The summed E-state index contributed by atoms with van der Waals surface area (Å²) in [7, 11) is 0. The maximum absolute atomic E-state index is 12.8. The minimum Gasteiger partial charge on any atom is -0.692 e. The molecule has 3 aromatic carbocycles. The number of nitro benzene ring substituents is 4. The van der Waals surface area contributed by atoms with Crippen LogP contribution in [0.15, 0.2) is 58.8 Å². The van der Waals surface area contributed by atoms with Gasteiger partial charge in [-0.1, -0.05) is 11.6 Å². The Labute approximate surface area is 206 Å². The molecule has 1 heterocycles. The van der Waals surface area contributed by atoms with E-state index in [1.807, 2.05) is 0 Å². The van der Waals surface area contributed by atoms with Gasteiger partial charge in [0.05, 0.1) is 42.6 Å². The predicted octanol–water partition coefficient (Wildman–Crippen LogP) is 4.36. The zero-order valence-electron chi connectivity index (χ0n) is 17.7. The van der Waals surface area contributed by atoms with E-state index in [1.165, 1.54) is 12.1 Å². The second-order valence-electron chi connectivity index (χ2n) is 7.03. The average molecular weight is 530 g/mol. The number of non-ortho nitro benzene ring substituents is 2. The molecular formula is C18H8ClN9O9. The van der Waals surface area contributed by atoms with E-state index in [-0.39, 0.29) is 26.9 Å². The van der Waals surface area contributed by atoms with Crippen LogP contribution in [-0.2, 0) is 0 Å². The molecular weight excluding hydrogens is 522 g/mol. The SMILES string of the molecule is O=[N+]([O-])c1cc([N+](=O)[O-])c2nn(-c3ccc(/N=N/c4ccc(Cl)c([N+](=O)[O-])c4)c([N+](=O)[O-])c3)[n+]([O-])c2c1. The van der Waals surface area contributed by atoms with Crippen molar-refractivity contribution in [3.63, 3.8) is 0 Å². The Morgan fingerprint density at radius 1 is 0.784 bits per heavy atom. The first-order valence-corrected chi connectivity index (χ1v) is 9.95. The van der Waals surface area contributed by atoms with Crippen molar-refractivity contribution in [2.24, 2.45) is 10.2 Å². The van der Waals surface area contributed by atoms with Crippen LogP contribution in [0.4, 0.5) is 34.1 Å². The fourth-order valence-corrected chi connectivity index (χ4v) is 3.35. The van der Waals surface area contributed by atoms with Crippen molar-refractivity contribution in [1.29, 1.82) is 0 Å². The molecule has 0 unspecified atom stereocenters. The van der Waals surface area contributed by atoms with Crippen molar-refractivity contribution in [3.8, 4) is 5.69 Å². The van der Waals surface area contributed by atoms with E-state index in [9.17, 15) is 45.7 Å². The molecule has 19 heteroatoms. The quantitative estimate of drug-likeness (QED) is 0.107. The number of halogens is 1. The molecule has 0 fully saturated rings. The van der Waals surface area contributed by atoms with Gasteiger partial charge in [-0.2, -0.15) is 5.11 Å². The molecule has 4 aromatic rings. The number of nitro groups is 4. The molecule has 37 heavy (non-hydrogen) atoms. The summed E-state index contributed by atoms with van der Waals surface area (Å²) >= 11 is 5.73. The molecule has 4 rings (SSSR count). The summed E-state index contributed by atoms with van der Waals surface area (Å²) in [5.74, 6) is 0. The minimum atomic E-state index is -0.959. The van der Waals surface area contributed by atoms with E-state index in [2.05, 4.69) is 15.3 Å². The molecule has 0 amide bonds. The van der Waals surface area contributed by atoms with Crippen LogP contribution in [0.1, 0.15) is 0 Å². The second-order valence-corrected chi connectivity index (χ2v) is 7.44. The zero-order chi connectivity index (χ0) is 27.0. The van der Waals surface area contributed by atoms with Crippen molar-refractivity contribution < 1.29 is 24.5 Å². The number of aromatic nitrogens is 3. The van der Waals surface area contributed by atoms with Gasteiger partial charge in [-0.25, -0.2) is 0 Å². The molecule has 186 valence electrons. The summed E-state index contributed by atoms with van der Waals surface area (Å²) in [6, 6.07) is 8.03. The predicted molar refractivity (Wildman–Crippen MR) is 122 cm³/mol. The van der Waals surface area contributed by atoms with Crippen LogP contribution < -0.4 is 4.85 Å². The van der Waals surface area contributed by atoms with Crippen molar-refractivity contribution in [1.82, 2.24) is 9.90 Å². The first-order chi connectivity index (χ1) is 17.5. The summed E-state index contributed by atoms with van der Waals surface area (Å²) in [4.78, 5) is 42.2. The third-order valence-corrected chi connectivity index (χ3v) is 5.14. The Morgan fingerprint density at radius 2 is 1.46 bits per heavy atom. The number of azo groups is 1. The normalized spacial score (nSPS) is 11.2. The molecule has 0 radical (unpaired) electrons. The lowest BCUT2D eigenvalue weighted by atomic mass is 10.2. The summed E-state index contributed by atoms with van der Waals surface area (Å²) in [6.07, 6.45) is 0. The van der Waals surface area contributed by atoms with E-state index in [0.717, 1.165) is 30.3 Å². The molecule has 0 atom stereocenters. The third-order valence-electron chi connectivity index (χ3n) is 4.82. The smallest absolute Gasteiger partial charge is 0.334 e. The first kappa shape index (κ1) is 24.5. The fraction of sp³-hybridized carbons (Fsp3) is 0. The van der Waals surface area contributed by atoms with Gasteiger partial charge in [-0.3, -0.25) is 40.5 Å². The highest BCUT2D eigenvalue weighted by atomic mass is 35.5. The van der Waals surface area contributed by atoms with E-state index < -0.39 is 53.5 Å². The zero-order valence-corrected chi connectivity index (χ0v) is 18.5. The van der Waals surface area contributed by atoms with Crippen molar-refractivity contribution in [2.45, 2.75) is 0 Å². The lowest BCUT2D eigenvalue weighted by molar-refractivity contribution is -0.664. The molecule has 1 aromatic heterocycles. The maximum atomic E-state index is 12.8. The highest BCUT2D eigenvalue weighted by Gasteiger charge is 2.31. The fourth-order valence-electron chi connectivity index (χ4n) is 3.16. The Bertz CT molecular complexity index is 1690. The van der Waals surface area contributed by atoms with E-state index >= 15 is 0 Å². The number of benzene rings is 3. The Kier molecular flexibility index (Phi) is 6.08. The highest BCUT2D eigenvalue weighted by Crippen LogP contribution is 2.34. The molecule has 0 saturated heterocycles. The Hall–Kier alpha value is -5.65. The second kappa shape index (κ2) is 9.19. The lowest BCUT2D eigenvalue weighted by Crippen LogP contribution is -2.37. The van der Waals surface area contributed by atoms with Crippen molar-refractivity contribution in [2.75, 3.05) is 0 Å². The number of hydrogen-bond donors (Lipinski definition) is 0. The largest absolute Gasteiger partial charge is 0.692 e. The summed E-state index contributed by atoms with van der Waals surface area (Å²) < 4.78 is 0. The molecule has 0 saturated carbocycles. The van der Waals surface area contributed by atoms with Gasteiger partial charge in [0.1, 0.15) is 10.7 Å². The minimum absolute atomic E-state index is 0.00241. The van der Waals surface area contributed by atoms with E-state index in [1.54, 1.807) is 0 Å². The van der Waals surface area contributed by atoms with Crippen LogP contribution in [0.2, 0.25) is 5.02 Å². The third kappa shape index (κ3) is 4.53. The van der Waals surface area contributed by atoms with Gasteiger partial charge in [0, 0.05) is 12.1 Å². The van der Waals surface area contributed by atoms with Gasteiger partial charge in [-0.05, 0) is 29.1 Å².